The van der Waals surface area contributed by atoms with Crippen molar-refractivity contribution in [1.29, 1.82) is 0 Å². The van der Waals surface area contributed by atoms with Crippen LogP contribution in [0.5, 0.6) is 0 Å². The fourth-order valence-electron chi connectivity index (χ4n) is 11.2. The first-order chi connectivity index (χ1) is 33.3. The number of primary amides is 1. The third-order valence-corrected chi connectivity index (χ3v) is 16.0. The Morgan fingerprint density at radius 1 is 0.886 bits per heavy atom. The number of nitrogens with one attached hydrogen (secondary N) is 4. The van der Waals surface area contributed by atoms with Crippen LogP contribution in [0.25, 0.3) is 21.9 Å². The standard InChI is InChI=1S/C48H58N9O12P/c1-54-38-21-28(6-10-35(38)57(47(54)66)36-12-13-40(59)52-43(36)62)20-26-2-4-27(5-3-26)22-41(60)55-19-15-31-8-11-37(44(63)53-48(17-18-48)16-14-39(49)58)56(31)45(64)34(25-55)51-42(61)33-24-30-23-29(7-9-32(30)50-33)46(65)70(67,68)69/h6-7,9-10,21,23-24,26-27,31,34,36-37,50H,2-5,8,11-20,22,25H2,1H3,(H2,49,58)(H,51,61)(H,53,63)(H,52,59,62)(H2,67,68,69)/t26?,27?,31-,34+,36?,37+/m1/s1. The van der Waals surface area contributed by atoms with Gasteiger partial charge in [0.1, 0.15) is 23.8 Å². The quantitative estimate of drug-likeness (QED) is 0.0707. The maximum Gasteiger partial charge on any atom is 0.396 e. The maximum absolute atomic E-state index is 14.8. The number of H-pyrrole nitrogens is 1. The molecule has 21 nitrogen and oxygen atoms in total. The van der Waals surface area contributed by atoms with Gasteiger partial charge < -0.3 is 40.9 Å². The highest BCUT2D eigenvalue weighted by Crippen LogP contribution is 2.42. The van der Waals surface area contributed by atoms with E-state index in [2.05, 4.69) is 20.9 Å². The number of carbonyl (C=O) groups is 8. The predicted octanol–water partition coefficient (Wildman–Crippen LogP) is 2.16. The van der Waals surface area contributed by atoms with Gasteiger partial charge in [-0.05, 0) is 131 Å². The van der Waals surface area contributed by atoms with E-state index in [9.17, 15) is 57.5 Å². The summed E-state index contributed by atoms with van der Waals surface area (Å²) in [6.45, 7) is 0.126. The van der Waals surface area contributed by atoms with Gasteiger partial charge >= 0.3 is 13.3 Å². The van der Waals surface area contributed by atoms with Gasteiger partial charge in [-0.1, -0.05) is 6.07 Å². The van der Waals surface area contributed by atoms with Crippen molar-refractivity contribution in [2.75, 3.05) is 13.1 Å². The molecular formula is C48H58N9O12P. The van der Waals surface area contributed by atoms with Crippen molar-refractivity contribution in [3.05, 3.63) is 69.8 Å². The summed E-state index contributed by atoms with van der Waals surface area (Å²) in [5.74, 6) is -2.63. The average Bonchev–Trinajstić information content (AvgIpc) is 3.61. The molecule has 22 heteroatoms. The summed E-state index contributed by atoms with van der Waals surface area (Å²) in [5.41, 5.74) is 5.63. The Kier molecular flexibility index (Phi) is 13.2. The molecule has 2 aromatic carbocycles. The molecule has 0 bridgehead atoms. The predicted molar refractivity (Wildman–Crippen MR) is 252 cm³/mol. The van der Waals surface area contributed by atoms with Crippen molar-refractivity contribution in [1.82, 2.24) is 39.9 Å². The molecule has 372 valence electrons. The molecule has 4 aromatic rings. The lowest BCUT2D eigenvalue weighted by Crippen LogP contribution is -2.61. The normalized spacial score (nSPS) is 24.7. The molecule has 7 amide bonds. The van der Waals surface area contributed by atoms with E-state index >= 15 is 0 Å². The minimum Gasteiger partial charge on any atom is -0.370 e. The lowest BCUT2D eigenvalue weighted by Gasteiger charge is -2.39. The topological polar surface area (TPSA) is 305 Å². The summed E-state index contributed by atoms with van der Waals surface area (Å²) in [6, 6.07) is 7.83. The van der Waals surface area contributed by atoms with Gasteiger partial charge in [0.25, 0.3) is 11.4 Å². The lowest BCUT2D eigenvalue weighted by atomic mass is 9.78. The second-order valence-corrected chi connectivity index (χ2v) is 21.5. The molecule has 2 aliphatic carbocycles. The zero-order valence-electron chi connectivity index (χ0n) is 38.8. The van der Waals surface area contributed by atoms with Crippen molar-refractivity contribution in [2.24, 2.45) is 24.6 Å². The maximum atomic E-state index is 14.8. The molecule has 5 fully saturated rings. The van der Waals surface area contributed by atoms with Crippen molar-refractivity contribution in [2.45, 2.75) is 126 Å². The summed E-state index contributed by atoms with van der Waals surface area (Å²) in [7, 11) is -3.41. The van der Waals surface area contributed by atoms with Crippen molar-refractivity contribution >= 4 is 76.4 Å². The number of aromatic amines is 1. The number of imidazole rings is 1. The van der Waals surface area contributed by atoms with E-state index in [0.29, 0.717) is 66.4 Å². The monoisotopic (exact) mass is 983 g/mol. The second kappa shape index (κ2) is 19.0. The summed E-state index contributed by atoms with van der Waals surface area (Å²) < 4.78 is 14.7. The number of nitrogens with two attached hydrogens (primary N) is 1. The number of fused-ring (bicyclic) bond motifs is 3. The zero-order valence-corrected chi connectivity index (χ0v) is 39.7. The van der Waals surface area contributed by atoms with Gasteiger partial charge in [-0.2, -0.15) is 0 Å². The van der Waals surface area contributed by atoms with Crippen LogP contribution < -0.4 is 27.4 Å². The summed E-state index contributed by atoms with van der Waals surface area (Å²) in [4.78, 5) is 144. The molecule has 2 aromatic heterocycles. The van der Waals surface area contributed by atoms with E-state index in [1.54, 1.807) is 16.8 Å². The first-order valence-electron chi connectivity index (χ1n) is 24.1. The lowest BCUT2D eigenvalue weighted by molar-refractivity contribution is -0.145. The highest BCUT2D eigenvalue weighted by molar-refractivity contribution is 7.70. The molecule has 3 saturated heterocycles. The number of hydrogen-bond donors (Lipinski definition) is 7. The molecule has 0 spiro atoms. The Morgan fingerprint density at radius 3 is 2.33 bits per heavy atom. The average molecular weight is 984 g/mol. The molecule has 3 aliphatic heterocycles. The number of rotatable bonds is 14. The van der Waals surface area contributed by atoms with Crippen molar-refractivity contribution in [3.63, 3.8) is 0 Å². The number of carbonyl (C=O) groups excluding carboxylic acids is 8. The van der Waals surface area contributed by atoms with Gasteiger partial charge in [0.2, 0.25) is 35.4 Å². The highest BCUT2D eigenvalue weighted by atomic mass is 31.2. The summed E-state index contributed by atoms with van der Waals surface area (Å²) in [5, 5.41) is 8.55. The second-order valence-electron chi connectivity index (χ2n) is 20.0. The van der Waals surface area contributed by atoms with Gasteiger partial charge in [-0.25, -0.2) is 4.79 Å². The molecule has 9 rings (SSSR count). The third-order valence-electron chi connectivity index (χ3n) is 15.2. The number of aromatic nitrogens is 3. The fourth-order valence-corrected chi connectivity index (χ4v) is 11.6. The van der Waals surface area contributed by atoms with Crippen LogP contribution in [0.3, 0.4) is 0 Å². The summed E-state index contributed by atoms with van der Waals surface area (Å²) >= 11 is 0. The number of imide groups is 1. The fraction of sp³-hybridized carbons (Fsp3) is 0.521. The van der Waals surface area contributed by atoms with Crippen LogP contribution in [0.1, 0.15) is 122 Å². The minimum absolute atomic E-state index is 0.00717. The number of aryl methyl sites for hydroxylation is 1. The van der Waals surface area contributed by atoms with Gasteiger partial charge in [0.15, 0.2) is 0 Å². The molecule has 1 unspecified atom stereocenters. The van der Waals surface area contributed by atoms with E-state index in [1.165, 1.54) is 33.4 Å². The van der Waals surface area contributed by atoms with Gasteiger partial charge in [0.05, 0.1) is 11.0 Å². The Bertz CT molecular complexity index is 2940. The number of hydrogen-bond acceptors (Lipinski definition) is 10. The molecule has 4 atom stereocenters. The van der Waals surface area contributed by atoms with Gasteiger partial charge in [-0.3, -0.25) is 57.4 Å². The van der Waals surface area contributed by atoms with E-state index in [4.69, 9.17) is 5.73 Å². The molecule has 2 saturated carbocycles. The molecule has 0 radical (unpaired) electrons. The number of piperidine rings is 1. The molecule has 5 heterocycles. The highest BCUT2D eigenvalue weighted by Gasteiger charge is 2.50. The van der Waals surface area contributed by atoms with Crippen LogP contribution in [-0.2, 0) is 46.8 Å². The van der Waals surface area contributed by atoms with Crippen molar-refractivity contribution in [3.8, 4) is 0 Å². The SMILES string of the molecule is Cn1c(=O)n(C2CCC(=O)NC2=O)c2ccc(CC3CCC(CC(=O)N4CC[C@H]5CC[C@@H](C(=O)NC6(CCC(N)=O)CC6)N5C(=O)[C@@H](NC(=O)c5cc6cc(C(=O)P(=O)(O)O)ccc6[nH]5)C4)CC3)cc21. The number of benzene rings is 2. The largest absolute Gasteiger partial charge is 0.396 e. The van der Waals surface area contributed by atoms with Gasteiger partial charge in [0, 0.05) is 67.4 Å². The van der Waals surface area contributed by atoms with Crippen LogP contribution in [0.2, 0.25) is 0 Å². The summed E-state index contributed by atoms with van der Waals surface area (Å²) in [6.07, 6.45) is 7.88. The number of nitrogens with zero attached hydrogens (tertiary/aromatic N) is 4. The van der Waals surface area contributed by atoms with E-state index in [1.807, 2.05) is 18.2 Å². The first kappa shape index (κ1) is 48.6. The molecule has 8 N–H and O–H groups in total. The van der Waals surface area contributed by atoms with E-state index < -0.39 is 66.5 Å². The Balaban J connectivity index is 0.876. The van der Waals surface area contributed by atoms with Crippen LogP contribution in [0.4, 0.5) is 0 Å². The Labute approximate surface area is 401 Å². The van der Waals surface area contributed by atoms with E-state index in [0.717, 1.165) is 37.7 Å². The molecule has 70 heavy (non-hydrogen) atoms. The number of amides is 7. The van der Waals surface area contributed by atoms with Crippen LogP contribution in [0, 0.1) is 11.8 Å². The van der Waals surface area contributed by atoms with Crippen LogP contribution in [-0.4, -0.2) is 117 Å². The minimum atomic E-state index is -5.08. The Hall–Kier alpha value is -6.44. The zero-order chi connectivity index (χ0) is 49.8. The molecular weight excluding hydrogens is 926 g/mol. The first-order valence-corrected chi connectivity index (χ1v) is 25.7. The van der Waals surface area contributed by atoms with Crippen LogP contribution in [0.15, 0.2) is 47.3 Å². The molecule has 5 aliphatic rings. The Morgan fingerprint density at radius 2 is 1.63 bits per heavy atom. The van der Waals surface area contributed by atoms with Gasteiger partial charge in [-0.15, -0.1) is 0 Å². The smallest absolute Gasteiger partial charge is 0.370 e. The van der Waals surface area contributed by atoms with Crippen LogP contribution >= 0.6 is 7.60 Å². The van der Waals surface area contributed by atoms with Crippen molar-refractivity contribution < 1.29 is 52.7 Å². The third kappa shape index (κ3) is 9.96. The van der Waals surface area contributed by atoms with E-state index in [-0.39, 0.29) is 79.4 Å².